The second-order valence-corrected chi connectivity index (χ2v) is 4.42. The standard InChI is InChI=1S/C17H15NO3.CH4O/c1-3-5-13(4-2)18-17(21)15-9-11-6-7-14(19)8-12(11)10-16(15)20;1-2/h3-10,19-20H,1-2H2,(H,18,21);2H,1H3/b13-5+;. The van der Waals surface area contributed by atoms with Gasteiger partial charge in [-0.2, -0.15) is 0 Å². The van der Waals surface area contributed by atoms with Gasteiger partial charge in [0.15, 0.2) is 0 Å². The summed E-state index contributed by atoms with van der Waals surface area (Å²) in [6, 6.07) is 7.72. The molecule has 0 aliphatic carbocycles. The van der Waals surface area contributed by atoms with Crippen molar-refractivity contribution < 1.29 is 20.1 Å². The molecule has 5 nitrogen and oxygen atoms in total. The summed E-state index contributed by atoms with van der Waals surface area (Å²) in [5.74, 6) is -0.509. The Hall–Kier alpha value is -3.05. The summed E-state index contributed by atoms with van der Waals surface area (Å²) < 4.78 is 0. The molecule has 23 heavy (non-hydrogen) atoms. The average Bonchev–Trinajstić information content (AvgIpc) is 2.55. The normalized spacial score (nSPS) is 10.4. The van der Waals surface area contributed by atoms with E-state index in [0.717, 1.165) is 12.5 Å². The molecule has 120 valence electrons. The first-order valence-electron chi connectivity index (χ1n) is 6.72. The van der Waals surface area contributed by atoms with Crippen LogP contribution in [0.1, 0.15) is 10.4 Å². The molecule has 2 aromatic rings. The molecule has 0 saturated carbocycles. The smallest absolute Gasteiger partial charge is 0.259 e. The van der Waals surface area contributed by atoms with E-state index in [0.29, 0.717) is 11.1 Å². The van der Waals surface area contributed by atoms with Crippen LogP contribution < -0.4 is 5.32 Å². The van der Waals surface area contributed by atoms with Crippen molar-refractivity contribution in [2.75, 3.05) is 7.11 Å². The lowest BCUT2D eigenvalue weighted by atomic mass is 10.0. The van der Waals surface area contributed by atoms with E-state index < -0.39 is 5.91 Å². The van der Waals surface area contributed by atoms with E-state index in [-0.39, 0.29) is 17.1 Å². The Labute approximate surface area is 134 Å². The van der Waals surface area contributed by atoms with E-state index in [9.17, 15) is 15.0 Å². The number of hydrogen-bond acceptors (Lipinski definition) is 4. The third-order valence-electron chi connectivity index (χ3n) is 2.96. The second-order valence-electron chi connectivity index (χ2n) is 4.42. The number of hydrogen-bond donors (Lipinski definition) is 4. The maximum atomic E-state index is 12.2. The Balaban J connectivity index is 0.00000127. The summed E-state index contributed by atoms with van der Waals surface area (Å²) in [4.78, 5) is 12.2. The quantitative estimate of drug-likeness (QED) is 0.653. The molecule has 0 aromatic heterocycles. The van der Waals surface area contributed by atoms with Gasteiger partial charge in [0, 0.05) is 12.8 Å². The number of phenolic OH excluding ortho intramolecular Hbond substituents is 2. The molecule has 0 saturated heterocycles. The number of amides is 1. The van der Waals surface area contributed by atoms with Crippen molar-refractivity contribution in [3.63, 3.8) is 0 Å². The Morgan fingerprint density at radius 2 is 1.78 bits per heavy atom. The van der Waals surface area contributed by atoms with Gasteiger partial charge in [0.1, 0.15) is 11.5 Å². The molecule has 0 radical (unpaired) electrons. The highest BCUT2D eigenvalue weighted by Gasteiger charge is 2.13. The van der Waals surface area contributed by atoms with Gasteiger partial charge < -0.3 is 20.6 Å². The molecule has 5 heteroatoms. The molecule has 0 atom stereocenters. The van der Waals surface area contributed by atoms with Crippen LogP contribution in [-0.2, 0) is 0 Å². The predicted molar refractivity (Wildman–Crippen MR) is 91.4 cm³/mol. The molecule has 0 aliphatic rings. The van der Waals surface area contributed by atoms with Crippen molar-refractivity contribution in [3.05, 3.63) is 73.0 Å². The number of aliphatic hydroxyl groups is 1. The zero-order valence-electron chi connectivity index (χ0n) is 12.8. The lowest BCUT2D eigenvalue weighted by Gasteiger charge is -2.09. The molecule has 0 fully saturated rings. The van der Waals surface area contributed by atoms with Crippen LogP contribution in [0.25, 0.3) is 10.8 Å². The Morgan fingerprint density at radius 3 is 2.39 bits per heavy atom. The fraction of sp³-hybridized carbons (Fsp3) is 0.0556. The van der Waals surface area contributed by atoms with Crippen LogP contribution in [-0.4, -0.2) is 28.3 Å². The van der Waals surface area contributed by atoms with Gasteiger partial charge in [-0.1, -0.05) is 25.3 Å². The van der Waals surface area contributed by atoms with Crippen LogP contribution >= 0.6 is 0 Å². The molecular formula is C18H19NO4. The van der Waals surface area contributed by atoms with Crippen LogP contribution in [0.2, 0.25) is 0 Å². The lowest BCUT2D eigenvalue weighted by molar-refractivity contribution is 0.0964. The lowest BCUT2D eigenvalue weighted by Crippen LogP contribution is -2.21. The fourth-order valence-electron chi connectivity index (χ4n) is 1.94. The first-order valence-corrected chi connectivity index (χ1v) is 6.72. The number of fused-ring (bicyclic) bond motifs is 1. The van der Waals surface area contributed by atoms with Gasteiger partial charge in [0.05, 0.1) is 5.56 Å². The van der Waals surface area contributed by atoms with Crippen molar-refractivity contribution in [1.29, 1.82) is 0 Å². The third kappa shape index (κ3) is 4.46. The second kappa shape index (κ2) is 8.41. The summed E-state index contributed by atoms with van der Waals surface area (Å²) >= 11 is 0. The highest BCUT2D eigenvalue weighted by molar-refractivity contribution is 6.02. The van der Waals surface area contributed by atoms with Crippen molar-refractivity contribution in [3.8, 4) is 11.5 Å². The molecule has 0 bridgehead atoms. The van der Waals surface area contributed by atoms with E-state index in [1.54, 1.807) is 18.2 Å². The minimum atomic E-state index is -0.449. The zero-order valence-corrected chi connectivity index (χ0v) is 12.8. The van der Waals surface area contributed by atoms with Crippen LogP contribution in [0, 0.1) is 0 Å². The first kappa shape index (κ1) is 18.0. The zero-order chi connectivity index (χ0) is 17.4. The minimum absolute atomic E-state index is 0.0990. The molecule has 0 aliphatic heterocycles. The van der Waals surface area contributed by atoms with Gasteiger partial charge in [0.25, 0.3) is 5.91 Å². The van der Waals surface area contributed by atoms with E-state index in [1.165, 1.54) is 30.4 Å². The van der Waals surface area contributed by atoms with Crippen molar-refractivity contribution in [1.82, 2.24) is 5.32 Å². The Morgan fingerprint density at radius 1 is 1.09 bits per heavy atom. The van der Waals surface area contributed by atoms with Crippen LogP contribution in [0.4, 0.5) is 0 Å². The highest BCUT2D eigenvalue weighted by Crippen LogP contribution is 2.27. The van der Waals surface area contributed by atoms with Gasteiger partial charge in [-0.25, -0.2) is 0 Å². The maximum Gasteiger partial charge on any atom is 0.259 e. The number of rotatable bonds is 4. The number of carbonyl (C=O) groups excluding carboxylic acids is 1. The molecule has 0 unspecified atom stereocenters. The van der Waals surface area contributed by atoms with Gasteiger partial charge >= 0.3 is 0 Å². The molecule has 1 amide bonds. The average molecular weight is 313 g/mol. The van der Waals surface area contributed by atoms with Crippen molar-refractivity contribution >= 4 is 16.7 Å². The monoisotopic (exact) mass is 313 g/mol. The molecule has 2 aromatic carbocycles. The van der Waals surface area contributed by atoms with Gasteiger partial charge in [-0.3, -0.25) is 4.79 Å². The van der Waals surface area contributed by atoms with E-state index in [2.05, 4.69) is 18.5 Å². The highest BCUT2D eigenvalue weighted by atomic mass is 16.3. The topological polar surface area (TPSA) is 89.8 Å². The van der Waals surface area contributed by atoms with Gasteiger partial charge in [-0.05, 0) is 47.2 Å². The van der Waals surface area contributed by atoms with Gasteiger partial charge in [0.2, 0.25) is 0 Å². The van der Waals surface area contributed by atoms with Crippen molar-refractivity contribution in [2.24, 2.45) is 0 Å². The fourth-order valence-corrected chi connectivity index (χ4v) is 1.94. The number of allylic oxidation sites excluding steroid dienone is 3. The molecule has 0 heterocycles. The molecule has 0 spiro atoms. The van der Waals surface area contributed by atoms with Crippen molar-refractivity contribution in [2.45, 2.75) is 0 Å². The SMILES string of the molecule is C=C/C=C(\C=C)NC(=O)c1cc2ccc(O)cc2cc1O.CO. The maximum absolute atomic E-state index is 12.2. The van der Waals surface area contributed by atoms with E-state index >= 15 is 0 Å². The number of benzene rings is 2. The number of aliphatic hydroxyl groups excluding tert-OH is 1. The molecule has 4 N–H and O–H groups in total. The van der Waals surface area contributed by atoms with Crippen LogP contribution in [0.5, 0.6) is 11.5 Å². The van der Waals surface area contributed by atoms with Crippen LogP contribution in [0.15, 0.2) is 67.4 Å². The minimum Gasteiger partial charge on any atom is -0.508 e. The first-order chi connectivity index (χ1) is 11.0. The summed E-state index contributed by atoms with van der Waals surface area (Å²) in [5.41, 5.74) is 0.630. The third-order valence-corrected chi connectivity index (χ3v) is 2.96. The summed E-state index contributed by atoms with van der Waals surface area (Å²) in [5, 5.41) is 30.4. The summed E-state index contributed by atoms with van der Waals surface area (Å²) in [6.07, 6.45) is 4.61. The van der Waals surface area contributed by atoms with E-state index in [1.807, 2.05) is 0 Å². The number of carbonyl (C=O) groups is 1. The number of nitrogens with one attached hydrogen (secondary N) is 1. The van der Waals surface area contributed by atoms with Gasteiger partial charge in [-0.15, -0.1) is 0 Å². The number of phenols is 2. The molecule has 2 rings (SSSR count). The van der Waals surface area contributed by atoms with E-state index in [4.69, 9.17) is 5.11 Å². The Bertz CT molecular complexity index is 763. The largest absolute Gasteiger partial charge is 0.508 e. The number of aromatic hydroxyl groups is 2. The predicted octanol–water partition coefficient (Wildman–Crippen LogP) is 2.85. The molecular weight excluding hydrogens is 294 g/mol. The summed E-state index contributed by atoms with van der Waals surface area (Å²) in [7, 11) is 1.00. The Kier molecular flexibility index (Phi) is 6.58. The van der Waals surface area contributed by atoms with Crippen LogP contribution in [0.3, 0.4) is 0 Å². The summed E-state index contributed by atoms with van der Waals surface area (Å²) in [6.45, 7) is 7.13.